The van der Waals surface area contributed by atoms with Gasteiger partial charge in [-0.05, 0) is 17.2 Å². The maximum absolute atomic E-state index is 10.8. The quantitative estimate of drug-likeness (QED) is 0.732. The summed E-state index contributed by atoms with van der Waals surface area (Å²) in [6.07, 6.45) is 1.66. The van der Waals surface area contributed by atoms with E-state index in [0.717, 1.165) is 10.4 Å². The molecule has 0 amide bonds. The van der Waals surface area contributed by atoms with Crippen molar-refractivity contribution in [3.05, 3.63) is 41.5 Å². The van der Waals surface area contributed by atoms with Crippen LogP contribution < -0.4 is 0 Å². The first-order chi connectivity index (χ1) is 6.77. The van der Waals surface area contributed by atoms with Gasteiger partial charge in [0.2, 0.25) is 0 Å². The monoisotopic (exact) mass is 223 g/mol. The molecule has 0 atom stereocenters. The van der Waals surface area contributed by atoms with Crippen LogP contribution in [0.5, 0.6) is 0 Å². The van der Waals surface area contributed by atoms with Gasteiger partial charge in [-0.1, -0.05) is 30.3 Å². The third-order valence-corrected chi connectivity index (χ3v) is 3.07. The van der Waals surface area contributed by atoms with Gasteiger partial charge in [0.15, 0.2) is 5.01 Å². The minimum Gasteiger partial charge on any atom is -0.273 e. The van der Waals surface area contributed by atoms with Crippen LogP contribution >= 0.6 is 22.9 Å². The highest BCUT2D eigenvalue weighted by Crippen LogP contribution is 2.26. The van der Waals surface area contributed by atoms with Crippen LogP contribution in [-0.4, -0.2) is 10.2 Å². The Kier molecular flexibility index (Phi) is 2.61. The first-order valence-corrected chi connectivity index (χ1v) is 5.18. The molecule has 0 fully saturated rings. The molecular weight excluding hydrogens is 218 g/mol. The zero-order valence-corrected chi connectivity index (χ0v) is 8.68. The summed E-state index contributed by atoms with van der Waals surface area (Å²) in [6.45, 7) is 0. The zero-order valence-electron chi connectivity index (χ0n) is 7.11. The van der Waals surface area contributed by atoms with Gasteiger partial charge < -0.3 is 0 Å². The lowest BCUT2D eigenvalue weighted by Gasteiger charge is -1.92. The number of hydrogen-bond donors (Lipinski definition) is 0. The fraction of sp³-hybridized carbons (Fsp3) is 0. The molecule has 0 saturated carbocycles. The summed E-state index contributed by atoms with van der Waals surface area (Å²) >= 11 is 6.61. The molecule has 14 heavy (non-hydrogen) atoms. The second-order valence-electron chi connectivity index (χ2n) is 2.67. The van der Waals surface area contributed by atoms with E-state index in [2.05, 4.69) is 4.98 Å². The SMILES string of the molecule is O=C(Cl)c1ncc(-c2ccccc2)s1. The Labute approximate surface area is 90.2 Å². The predicted octanol–water partition coefficient (Wildman–Crippen LogP) is 3.19. The van der Waals surface area contributed by atoms with Crippen LogP contribution in [0.2, 0.25) is 0 Å². The van der Waals surface area contributed by atoms with Crippen molar-refractivity contribution in [2.75, 3.05) is 0 Å². The van der Waals surface area contributed by atoms with Crippen LogP contribution in [0.1, 0.15) is 9.80 Å². The van der Waals surface area contributed by atoms with Crippen LogP contribution in [0.15, 0.2) is 36.5 Å². The number of hydrogen-bond acceptors (Lipinski definition) is 3. The molecule has 1 aromatic carbocycles. The number of carbonyl (C=O) groups excluding carboxylic acids is 1. The topological polar surface area (TPSA) is 30.0 Å². The number of carbonyl (C=O) groups is 1. The van der Waals surface area contributed by atoms with Gasteiger partial charge in [0.1, 0.15) is 0 Å². The Bertz CT molecular complexity index is 452. The van der Waals surface area contributed by atoms with E-state index >= 15 is 0 Å². The van der Waals surface area contributed by atoms with E-state index in [0.29, 0.717) is 5.01 Å². The van der Waals surface area contributed by atoms with E-state index in [-0.39, 0.29) is 0 Å². The lowest BCUT2D eigenvalue weighted by molar-refractivity contribution is 0.108. The Morgan fingerprint density at radius 1 is 1.29 bits per heavy atom. The number of thiazole rings is 1. The summed E-state index contributed by atoms with van der Waals surface area (Å²) in [7, 11) is 0. The van der Waals surface area contributed by atoms with E-state index in [1.54, 1.807) is 6.20 Å². The highest BCUT2D eigenvalue weighted by Gasteiger charge is 2.08. The summed E-state index contributed by atoms with van der Waals surface area (Å²) < 4.78 is 0. The molecule has 2 aromatic rings. The van der Waals surface area contributed by atoms with E-state index < -0.39 is 5.24 Å². The molecule has 0 bridgehead atoms. The smallest absolute Gasteiger partial charge is 0.273 e. The van der Waals surface area contributed by atoms with Crippen molar-refractivity contribution in [1.82, 2.24) is 4.98 Å². The highest BCUT2D eigenvalue weighted by atomic mass is 35.5. The third kappa shape index (κ3) is 1.84. The average molecular weight is 224 g/mol. The lowest BCUT2D eigenvalue weighted by atomic mass is 10.2. The standard InChI is InChI=1S/C10H6ClNOS/c11-9(13)10-12-6-8(14-10)7-4-2-1-3-5-7/h1-6H. The molecular formula is C10H6ClNOS. The zero-order chi connectivity index (χ0) is 9.97. The molecule has 0 saturated heterocycles. The van der Waals surface area contributed by atoms with Crippen LogP contribution in [0.4, 0.5) is 0 Å². The van der Waals surface area contributed by atoms with Gasteiger partial charge in [-0.25, -0.2) is 4.98 Å². The maximum atomic E-state index is 10.8. The third-order valence-electron chi connectivity index (χ3n) is 1.73. The van der Waals surface area contributed by atoms with E-state index in [9.17, 15) is 4.79 Å². The fourth-order valence-electron chi connectivity index (χ4n) is 1.10. The molecule has 0 N–H and O–H groups in total. The van der Waals surface area contributed by atoms with Gasteiger partial charge in [-0.2, -0.15) is 0 Å². The number of rotatable bonds is 2. The number of halogens is 1. The van der Waals surface area contributed by atoms with Gasteiger partial charge in [0.05, 0.1) is 4.88 Å². The Balaban J connectivity index is 2.39. The van der Waals surface area contributed by atoms with Crippen molar-refractivity contribution in [2.24, 2.45) is 0 Å². The van der Waals surface area contributed by atoms with Crippen LogP contribution in [0.3, 0.4) is 0 Å². The second-order valence-corrected chi connectivity index (χ2v) is 4.04. The van der Waals surface area contributed by atoms with Crippen LogP contribution in [0, 0.1) is 0 Å². The molecule has 0 spiro atoms. The van der Waals surface area contributed by atoms with Crippen molar-refractivity contribution in [3.8, 4) is 10.4 Å². The van der Waals surface area contributed by atoms with Gasteiger partial charge in [-0.15, -0.1) is 11.3 Å². The van der Waals surface area contributed by atoms with Crippen molar-refractivity contribution in [3.63, 3.8) is 0 Å². The molecule has 0 aliphatic carbocycles. The predicted molar refractivity (Wildman–Crippen MR) is 57.7 cm³/mol. The Hall–Kier alpha value is -1.19. The number of nitrogens with zero attached hydrogens (tertiary/aromatic N) is 1. The Morgan fingerprint density at radius 3 is 2.57 bits per heavy atom. The van der Waals surface area contributed by atoms with Gasteiger partial charge in [-0.3, -0.25) is 4.79 Å². The number of aromatic nitrogens is 1. The van der Waals surface area contributed by atoms with Crippen molar-refractivity contribution >= 4 is 28.2 Å². The molecule has 70 valence electrons. The molecule has 0 aliphatic heterocycles. The van der Waals surface area contributed by atoms with Gasteiger partial charge >= 0.3 is 0 Å². The average Bonchev–Trinajstić information content (AvgIpc) is 2.68. The van der Waals surface area contributed by atoms with Crippen molar-refractivity contribution in [2.45, 2.75) is 0 Å². The van der Waals surface area contributed by atoms with Crippen molar-refractivity contribution in [1.29, 1.82) is 0 Å². The summed E-state index contributed by atoms with van der Waals surface area (Å²) in [4.78, 5) is 15.7. The fourth-order valence-corrected chi connectivity index (χ4v) is 2.02. The minimum absolute atomic E-state index is 0.338. The van der Waals surface area contributed by atoms with E-state index in [1.807, 2.05) is 30.3 Å². The molecule has 1 heterocycles. The summed E-state index contributed by atoms with van der Waals surface area (Å²) in [5.41, 5.74) is 1.05. The minimum atomic E-state index is -0.503. The molecule has 1 aromatic heterocycles. The largest absolute Gasteiger partial charge is 0.281 e. The van der Waals surface area contributed by atoms with E-state index in [4.69, 9.17) is 11.6 Å². The van der Waals surface area contributed by atoms with E-state index in [1.165, 1.54) is 11.3 Å². The second kappa shape index (κ2) is 3.90. The summed E-state index contributed by atoms with van der Waals surface area (Å²) in [5.74, 6) is 0. The molecule has 0 unspecified atom stereocenters. The number of benzene rings is 1. The van der Waals surface area contributed by atoms with Crippen molar-refractivity contribution < 1.29 is 4.79 Å². The van der Waals surface area contributed by atoms with Gasteiger partial charge in [0, 0.05) is 6.20 Å². The normalized spacial score (nSPS) is 10.1. The molecule has 2 nitrogen and oxygen atoms in total. The maximum Gasteiger partial charge on any atom is 0.281 e. The first kappa shape index (κ1) is 9.37. The molecule has 0 radical (unpaired) electrons. The highest BCUT2D eigenvalue weighted by molar-refractivity contribution is 7.18. The van der Waals surface area contributed by atoms with Crippen LogP contribution in [0.25, 0.3) is 10.4 Å². The lowest BCUT2D eigenvalue weighted by Crippen LogP contribution is -1.83. The molecule has 0 aliphatic rings. The molecule has 4 heteroatoms. The first-order valence-electron chi connectivity index (χ1n) is 3.98. The summed E-state index contributed by atoms with van der Waals surface area (Å²) in [6, 6.07) is 9.76. The summed E-state index contributed by atoms with van der Waals surface area (Å²) in [5, 5.41) is -0.164. The molecule has 2 rings (SSSR count). The Morgan fingerprint density at radius 2 is 2.00 bits per heavy atom. The van der Waals surface area contributed by atoms with Gasteiger partial charge in [0.25, 0.3) is 5.24 Å². The van der Waals surface area contributed by atoms with Crippen LogP contribution in [-0.2, 0) is 0 Å².